The van der Waals surface area contributed by atoms with Gasteiger partial charge in [0.2, 0.25) is 0 Å². The highest BCUT2D eigenvalue weighted by Gasteiger charge is 2.08. The Kier molecular flexibility index (Phi) is 11.2. The van der Waals surface area contributed by atoms with Crippen molar-refractivity contribution in [2.24, 2.45) is 4.99 Å². The summed E-state index contributed by atoms with van der Waals surface area (Å²) in [4.78, 5) is 20.1. The summed E-state index contributed by atoms with van der Waals surface area (Å²) in [7, 11) is 5.46. The Labute approximate surface area is 197 Å². The van der Waals surface area contributed by atoms with Crippen LogP contribution in [0.1, 0.15) is 23.6 Å². The van der Waals surface area contributed by atoms with Gasteiger partial charge in [0.15, 0.2) is 12.6 Å². The number of guanidine groups is 1. The lowest BCUT2D eigenvalue weighted by Crippen LogP contribution is -2.38. The van der Waals surface area contributed by atoms with Crippen molar-refractivity contribution < 1.29 is 9.53 Å². The van der Waals surface area contributed by atoms with Crippen LogP contribution in [0.5, 0.6) is 5.75 Å². The fourth-order valence-electron chi connectivity index (χ4n) is 2.69. The van der Waals surface area contributed by atoms with Crippen LogP contribution in [-0.4, -0.2) is 56.0 Å². The van der Waals surface area contributed by atoms with Crippen LogP contribution < -0.4 is 10.1 Å². The first-order chi connectivity index (χ1) is 13.9. The Morgan fingerprint density at radius 3 is 2.40 bits per heavy atom. The molecule has 0 aliphatic heterocycles. The van der Waals surface area contributed by atoms with Crippen molar-refractivity contribution in [2.75, 3.05) is 34.3 Å². The van der Waals surface area contributed by atoms with Gasteiger partial charge in [0.05, 0.1) is 6.54 Å². The summed E-state index contributed by atoms with van der Waals surface area (Å²) in [6, 6.07) is 16.2. The zero-order valence-electron chi connectivity index (χ0n) is 18.5. The van der Waals surface area contributed by atoms with Gasteiger partial charge in [-0.25, -0.2) is 4.99 Å². The zero-order valence-corrected chi connectivity index (χ0v) is 20.8. The lowest BCUT2D eigenvalue weighted by molar-refractivity contribution is -0.130. The third-order valence-electron chi connectivity index (χ3n) is 4.41. The van der Waals surface area contributed by atoms with Gasteiger partial charge in [-0.2, -0.15) is 0 Å². The number of amides is 1. The van der Waals surface area contributed by atoms with Crippen molar-refractivity contribution in [1.82, 2.24) is 15.1 Å². The number of benzene rings is 2. The molecule has 6 nitrogen and oxygen atoms in total. The molecule has 0 aromatic heterocycles. The molecular formula is C23H33IN4O2. The smallest absolute Gasteiger partial charge is 0.259 e. The minimum Gasteiger partial charge on any atom is -0.484 e. The largest absolute Gasteiger partial charge is 0.484 e. The number of hydrogen-bond acceptors (Lipinski definition) is 3. The highest BCUT2D eigenvalue weighted by molar-refractivity contribution is 14.0. The van der Waals surface area contributed by atoms with E-state index in [4.69, 9.17) is 9.73 Å². The standard InChI is InChI=1S/C23H32N4O2.HI/c1-6-24-23(27(5)16-19-12-10-18(2)11-13-19)25-15-20-8-7-9-21(14-20)29-17-22(28)26(3)4;/h7-14H,6,15-17H2,1-5H3,(H,24,25);1H. The number of nitrogens with one attached hydrogen (secondary N) is 1. The van der Waals surface area contributed by atoms with E-state index in [0.29, 0.717) is 12.3 Å². The second-order valence-electron chi connectivity index (χ2n) is 7.24. The van der Waals surface area contributed by atoms with Gasteiger partial charge in [0.25, 0.3) is 5.91 Å². The Hall–Kier alpha value is -2.29. The number of carbonyl (C=O) groups excluding carboxylic acids is 1. The summed E-state index contributed by atoms with van der Waals surface area (Å²) in [6.45, 7) is 6.29. The van der Waals surface area contributed by atoms with Gasteiger partial charge < -0.3 is 19.9 Å². The van der Waals surface area contributed by atoms with E-state index in [0.717, 1.165) is 24.6 Å². The topological polar surface area (TPSA) is 57.2 Å². The Bertz CT molecular complexity index is 822. The van der Waals surface area contributed by atoms with E-state index in [1.807, 2.05) is 31.3 Å². The first kappa shape index (κ1) is 25.7. The molecule has 0 aliphatic rings. The second-order valence-corrected chi connectivity index (χ2v) is 7.24. The quantitative estimate of drug-likeness (QED) is 0.325. The van der Waals surface area contributed by atoms with Crippen molar-refractivity contribution >= 4 is 35.8 Å². The maximum absolute atomic E-state index is 11.7. The number of nitrogens with zero attached hydrogens (tertiary/aromatic N) is 3. The summed E-state index contributed by atoms with van der Waals surface area (Å²) < 4.78 is 5.59. The van der Waals surface area contributed by atoms with Gasteiger partial charge in [-0.05, 0) is 37.1 Å². The minimum atomic E-state index is -0.0689. The predicted octanol–water partition coefficient (Wildman–Crippen LogP) is 3.68. The number of hydrogen-bond donors (Lipinski definition) is 1. The van der Waals surface area contributed by atoms with Gasteiger partial charge >= 0.3 is 0 Å². The predicted molar refractivity (Wildman–Crippen MR) is 134 cm³/mol. The third kappa shape index (κ3) is 8.61. The monoisotopic (exact) mass is 524 g/mol. The highest BCUT2D eigenvalue weighted by Crippen LogP contribution is 2.14. The molecule has 1 amide bonds. The van der Waals surface area contributed by atoms with Gasteiger partial charge in [-0.15, -0.1) is 24.0 Å². The number of aliphatic imine (C=N–C) groups is 1. The average molecular weight is 524 g/mol. The van der Waals surface area contributed by atoms with Gasteiger partial charge in [0, 0.05) is 34.2 Å². The van der Waals surface area contributed by atoms with Crippen molar-refractivity contribution in [3.63, 3.8) is 0 Å². The van der Waals surface area contributed by atoms with E-state index >= 15 is 0 Å². The molecule has 0 radical (unpaired) electrons. The van der Waals surface area contributed by atoms with E-state index in [1.54, 1.807) is 14.1 Å². The first-order valence-electron chi connectivity index (χ1n) is 9.86. The summed E-state index contributed by atoms with van der Waals surface area (Å²) in [6.07, 6.45) is 0. The summed E-state index contributed by atoms with van der Waals surface area (Å²) in [5.74, 6) is 1.45. The molecule has 2 aromatic carbocycles. The molecule has 7 heteroatoms. The summed E-state index contributed by atoms with van der Waals surface area (Å²) >= 11 is 0. The molecule has 0 aliphatic carbocycles. The van der Waals surface area contributed by atoms with Crippen molar-refractivity contribution in [1.29, 1.82) is 0 Å². The molecule has 0 bridgehead atoms. The molecule has 0 spiro atoms. The van der Waals surface area contributed by atoms with E-state index in [9.17, 15) is 4.79 Å². The van der Waals surface area contributed by atoms with Crippen LogP contribution in [0.4, 0.5) is 0 Å². The number of aryl methyl sites for hydroxylation is 1. The number of halogens is 1. The van der Waals surface area contributed by atoms with Crippen LogP contribution in [0.3, 0.4) is 0 Å². The molecule has 2 aromatic rings. The Morgan fingerprint density at radius 1 is 1.07 bits per heavy atom. The van der Waals surface area contributed by atoms with Gasteiger partial charge in [-0.3, -0.25) is 4.79 Å². The Balaban J connectivity index is 0.00000450. The number of rotatable bonds is 8. The molecule has 0 unspecified atom stereocenters. The van der Waals surface area contributed by atoms with Crippen LogP contribution in [0, 0.1) is 6.92 Å². The fourth-order valence-corrected chi connectivity index (χ4v) is 2.69. The Morgan fingerprint density at radius 2 is 1.77 bits per heavy atom. The summed E-state index contributed by atoms with van der Waals surface area (Å²) in [5.41, 5.74) is 3.52. The van der Waals surface area contributed by atoms with Crippen LogP contribution in [0.2, 0.25) is 0 Å². The highest BCUT2D eigenvalue weighted by atomic mass is 127. The van der Waals surface area contributed by atoms with Crippen LogP contribution in [-0.2, 0) is 17.9 Å². The lowest BCUT2D eigenvalue weighted by Gasteiger charge is -2.22. The molecule has 0 heterocycles. The van der Waals surface area contributed by atoms with Crippen LogP contribution in [0.15, 0.2) is 53.5 Å². The van der Waals surface area contributed by atoms with Crippen LogP contribution >= 0.6 is 24.0 Å². The molecule has 164 valence electrons. The average Bonchev–Trinajstić information content (AvgIpc) is 2.71. The van der Waals surface area contributed by atoms with Crippen molar-refractivity contribution in [3.05, 3.63) is 65.2 Å². The van der Waals surface area contributed by atoms with E-state index < -0.39 is 0 Å². The third-order valence-corrected chi connectivity index (χ3v) is 4.41. The molecule has 2 rings (SSSR count). The molecule has 0 fully saturated rings. The fraction of sp³-hybridized carbons (Fsp3) is 0.391. The maximum Gasteiger partial charge on any atom is 0.259 e. The first-order valence-corrected chi connectivity index (χ1v) is 9.86. The SMILES string of the molecule is CCNC(=NCc1cccc(OCC(=O)N(C)C)c1)N(C)Cc1ccc(C)cc1.I. The summed E-state index contributed by atoms with van der Waals surface area (Å²) in [5, 5.41) is 3.35. The van der Waals surface area contributed by atoms with E-state index in [1.165, 1.54) is 16.0 Å². The maximum atomic E-state index is 11.7. The van der Waals surface area contributed by atoms with E-state index in [-0.39, 0.29) is 36.5 Å². The van der Waals surface area contributed by atoms with Gasteiger partial charge in [0.1, 0.15) is 5.75 Å². The lowest BCUT2D eigenvalue weighted by atomic mass is 10.1. The van der Waals surface area contributed by atoms with Gasteiger partial charge in [-0.1, -0.05) is 42.0 Å². The molecule has 30 heavy (non-hydrogen) atoms. The van der Waals surface area contributed by atoms with Crippen molar-refractivity contribution in [2.45, 2.75) is 26.9 Å². The minimum absolute atomic E-state index is 0. The molecular weight excluding hydrogens is 491 g/mol. The van der Waals surface area contributed by atoms with Crippen LogP contribution in [0.25, 0.3) is 0 Å². The normalized spacial score (nSPS) is 10.8. The molecule has 0 saturated heterocycles. The molecule has 0 saturated carbocycles. The molecule has 0 atom stereocenters. The second kappa shape index (κ2) is 13.1. The zero-order chi connectivity index (χ0) is 21.2. The van der Waals surface area contributed by atoms with E-state index in [2.05, 4.69) is 48.3 Å². The molecule has 1 N–H and O–H groups in total. The van der Waals surface area contributed by atoms with Crippen molar-refractivity contribution in [3.8, 4) is 5.75 Å². The number of likely N-dealkylation sites (N-methyl/N-ethyl adjacent to an activating group) is 1. The number of carbonyl (C=O) groups is 1. The number of ether oxygens (including phenoxy) is 1.